The third kappa shape index (κ3) is 3.97. The van der Waals surface area contributed by atoms with Gasteiger partial charge >= 0.3 is 5.97 Å². The maximum atomic E-state index is 11.4. The molecular weight excluding hydrogens is 268 g/mol. The first-order valence-corrected chi connectivity index (χ1v) is 7.30. The minimum atomic E-state index is -0.880. The molecule has 0 aliphatic carbocycles. The zero-order valence-corrected chi connectivity index (χ0v) is 12.6. The Morgan fingerprint density at radius 2 is 2.00 bits per heavy atom. The monoisotopic (exact) mass is 290 g/mol. The van der Waals surface area contributed by atoms with Crippen LogP contribution in [0.1, 0.15) is 35.7 Å². The minimum absolute atomic E-state index is 0.00382. The molecule has 2 rings (SSSR count). The normalized spacial score (nSPS) is 15.8. The van der Waals surface area contributed by atoms with Gasteiger partial charge in [-0.2, -0.15) is 0 Å². The lowest BCUT2D eigenvalue weighted by Crippen LogP contribution is -2.38. The SMILES string of the molecule is CC(=O)NCC1CCN(c2ccc(C)cc2C(=O)O)CC1. The van der Waals surface area contributed by atoms with Gasteiger partial charge in [-0.25, -0.2) is 4.79 Å². The van der Waals surface area contributed by atoms with Crippen molar-refractivity contribution in [2.75, 3.05) is 24.5 Å². The average molecular weight is 290 g/mol. The predicted molar refractivity (Wildman–Crippen MR) is 81.8 cm³/mol. The van der Waals surface area contributed by atoms with Crippen LogP contribution in [0, 0.1) is 12.8 Å². The molecule has 1 saturated heterocycles. The molecule has 1 aliphatic rings. The Hall–Kier alpha value is -2.04. The van der Waals surface area contributed by atoms with E-state index in [1.807, 2.05) is 19.1 Å². The number of carbonyl (C=O) groups excluding carboxylic acids is 1. The van der Waals surface area contributed by atoms with Crippen LogP contribution in [0.2, 0.25) is 0 Å². The molecule has 0 unspecified atom stereocenters. The zero-order chi connectivity index (χ0) is 15.4. The number of carboxylic acid groups (broad SMARTS) is 1. The van der Waals surface area contributed by atoms with Crippen LogP contribution in [0.5, 0.6) is 0 Å². The van der Waals surface area contributed by atoms with Crippen molar-refractivity contribution >= 4 is 17.6 Å². The number of nitrogens with one attached hydrogen (secondary N) is 1. The number of piperidine rings is 1. The average Bonchev–Trinajstić information content (AvgIpc) is 2.45. The lowest BCUT2D eigenvalue weighted by molar-refractivity contribution is -0.119. The first-order chi connectivity index (χ1) is 9.97. The van der Waals surface area contributed by atoms with Gasteiger partial charge in [0.1, 0.15) is 0 Å². The molecule has 1 heterocycles. The van der Waals surface area contributed by atoms with Gasteiger partial charge in [0.2, 0.25) is 5.91 Å². The molecule has 21 heavy (non-hydrogen) atoms. The third-order valence-electron chi connectivity index (χ3n) is 3.98. The van der Waals surface area contributed by atoms with Gasteiger partial charge in [0, 0.05) is 26.6 Å². The zero-order valence-electron chi connectivity index (χ0n) is 12.6. The van der Waals surface area contributed by atoms with Crippen molar-refractivity contribution in [1.29, 1.82) is 0 Å². The van der Waals surface area contributed by atoms with Crippen LogP contribution >= 0.6 is 0 Å². The molecule has 2 N–H and O–H groups in total. The predicted octanol–water partition coefficient (Wildman–Crippen LogP) is 2.05. The molecule has 1 aromatic carbocycles. The fraction of sp³-hybridized carbons (Fsp3) is 0.500. The van der Waals surface area contributed by atoms with Gasteiger partial charge in [-0.15, -0.1) is 0 Å². The largest absolute Gasteiger partial charge is 0.478 e. The van der Waals surface area contributed by atoms with Crippen molar-refractivity contribution in [3.8, 4) is 0 Å². The van der Waals surface area contributed by atoms with Gasteiger partial charge in [-0.05, 0) is 37.8 Å². The lowest BCUT2D eigenvalue weighted by atomic mass is 9.95. The summed E-state index contributed by atoms with van der Waals surface area (Å²) in [7, 11) is 0. The summed E-state index contributed by atoms with van der Waals surface area (Å²) < 4.78 is 0. The van der Waals surface area contributed by atoms with Crippen LogP contribution < -0.4 is 10.2 Å². The van der Waals surface area contributed by atoms with Crippen LogP contribution in [-0.2, 0) is 4.79 Å². The second-order valence-corrected chi connectivity index (χ2v) is 5.69. The number of rotatable bonds is 4. The van der Waals surface area contributed by atoms with Gasteiger partial charge in [0.15, 0.2) is 0 Å². The summed E-state index contributed by atoms with van der Waals surface area (Å²) >= 11 is 0. The summed E-state index contributed by atoms with van der Waals surface area (Å²) in [5, 5.41) is 12.2. The molecule has 1 aliphatic heterocycles. The number of amides is 1. The number of hydrogen-bond donors (Lipinski definition) is 2. The van der Waals surface area contributed by atoms with E-state index in [1.54, 1.807) is 6.07 Å². The third-order valence-corrected chi connectivity index (χ3v) is 3.98. The Kier molecular flexibility index (Phi) is 4.83. The highest BCUT2D eigenvalue weighted by molar-refractivity contribution is 5.94. The second-order valence-electron chi connectivity index (χ2n) is 5.69. The van der Waals surface area contributed by atoms with Gasteiger partial charge in [-0.1, -0.05) is 11.6 Å². The number of aromatic carboxylic acids is 1. The number of carboxylic acids is 1. The highest BCUT2D eigenvalue weighted by atomic mass is 16.4. The number of carbonyl (C=O) groups is 2. The Balaban J connectivity index is 2.02. The Morgan fingerprint density at radius 3 is 2.57 bits per heavy atom. The molecule has 1 fully saturated rings. The molecule has 1 aromatic rings. The van der Waals surface area contributed by atoms with E-state index in [4.69, 9.17) is 0 Å². The maximum Gasteiger partial charge on any atom is 0.337 e. The summed E-state index contributed by atoms with van der Waals surface area (Å²) in [5.74, 6) is -0.401. The van der Waals surface area contributed by atoms with Crippen LogP contribution in [0.25, 0.3) is 0 Å². The minimum Gasteiger partial charge on any atom is -0.478 e. The molecule has 0 atom stereocenters. The van der Waals surface area contributed by atoms with Gasteiger partial charge in [-0.3, -0.25) is 4.79 Å². The molecule has 0 bridgehead atoms. The van der Waals surface area contributed by atoms with Gasteiger partial charge in [0.05, 0.1) is 11.3 Å². The quantitative estimate of drug-likeness (QED) is 0.890. The Labute approximate surface area is 125 Å². The van der Waals surface area contributed by atoms with Crippen molar-refractivity contribution in [3.05, 3.63) is 29.3 Å². The number of anilines is 1. The van der Waals surface area contributed by atoms with E-state index in [0.29, 0.717) is 18.0 Å². The molecule has 5 heteroatoms. The van der Waals surface area contributed by atoms with Crippen LogP contribution in [-0.4, -0.2) is 36.6 Å². The van der Waals surface area contributed by atoms with Crippen molar-refractivity contribution in [1.82, 2.24) is 5.32 Å². The van der Waals surface area contributed by atoms with Crippen molar-refractivity contribution < 1.29 is 14.7 Å². The highest BCUT2D eigenvalue weighted by Gasteiger charge is 2.22. The van der Waals surface area contributed by atoms with Crippen LogP contribution in [0.15, 0.2) is 18.2 Å². The molecule has 0 radical (unpaired) electrons. The molecule has 5 nitrogen and oxygen atoms in total. The van der Waals surface area contributed by atoms with E-state index in [2.05, 4.69) is 10.2 Å². The first kappa shape index (κ1) is 15.4. The summed E-state index contributed by atoms with van der Waals surface area (Å²) in [6.07, 6.45) is 1.93. The molecule has 114 valence electrons. The maximum absolute atomic E-state index is 11.4. The molecule has 0 saturated carbocycles. The summed E-state index contributed by atoms with van der Waals surface area (Å²) in [6, 6.07) is 5.57. The number of aryl methyl sites for hydroxylation is 1. The molecule has 1 amide bonds. The first-order valence-electron chi connectivity index (χ1n) is 7.30. The fourth-order valence-corrected chi connectivity index (χ4v) is 2.76. The van der Waals surface area contributed by atoms with E-state index in [1.165, 1.54) is 6.92 Å². The summed E-state index contributed by atoms with van der Waals surface area (Å²) in [4.78, 5) is 24.5. The topological polar surface area (TPSA) is 69.6 Å². The van der Waals surface area contributed by atoms with E-state index in [9.17, 15) is 14.7 Å². The van der Waals surface area contributed by atoms with E-state index in [-0.39, 0.29) is 5.91 Å². The van der Waals surface area contributed by atoms with Gasteiger partial charge < -0.3 is 15.3 Å². The highest BCUT2D eigenvalue weighted by Crippen LogP contribution is 2.27. The standard InChI is InChI=1S/C16H22N2O3/c1-11-3-4-15(14(9-11)16(20)21)18-7-5-13(6-8-18)10-17-12(2)19/h3-4,9,13H,5-8,10H2,1-2H3,(H,17,19)(H,20,21). The lowest BCUT2D eigenvalue weighted by Gasteiger charge is -2.34. The van der Waals surface area contributed by atoms with Crippen molar-refractivity contribution in [2.45, 2.75) is 26.7 Å². The molecular formula is C16H22N2O3. The van der Waals surface area contributed by atoms with E-state index in [0.717, 1.165) is 37.2 Å². The number of hydrogen-bond acceptors (Lipinski definition) is 3. The van der Waals surface area contributed by atoms with Crippen LogP contribution in [0.3, 0.4) is 0 Å². The van der Waals surface area contributed by atoms with Gasteiger partial charge in [0.25, 0.3) is 0 Å². The fourth-order valence-electron chi connectivity index (χ4n) is 2.76. The molecule has 0 spiro atoms. The second kappa shape index (κ2) is 6.61. The smallest absolute Gasteiger partial charge is 0.337 e. The van der Waals surface area contributed by atoms with E-state index >= 15 is 0 Å². The van der Waals surface area contributed by atoms with Crippen molar-refractivity contribution in [3.63, 3.8) is 0 Å². The Morgan fingerprint density at radius 1 is 1.33 bits per heavy atom. The number of benzene rings is 1. The summed E-state index contributed by atoms with van der Waals surface area (Å²) in [6.45, 7) is 5.79. The van der Waals surface area contributed by atoms with E-state index < -0.39 is 5.97 Å². The molecule has 0 aromatic heterocycles. The van der Waals surface area contributed by atoms with Crippen LogP contribution in [0.4, 0.5) is 5.69 Å². The number of nitrogens with zero attached hydrogens (tertiary/aromatic N) is 1. The Bertz CT molecular complexity index is 534. The van der Waals surface area contributed by atoms with Crippen molar-refractivity contribution in [2.24, 2.45) is 5.92 Å². The summed E-state index contributed by atoms with van der Waals surface area (Å²) in [5.41, 5.74) is 2.12.